The van der Waals surface area contributed by atoms with Crippen molar-refractivity contribution in [2.75, 3.05) is 44.3 Å². The molecule has 2 aliphatic heterocycles. The number of carbonyl (C=O) groups is 1. The first-order valence-corrected chi connectivity index (χ1v) is 7.64. The molecule has 0 radical (unpaired) electrons. The molecule has 2 saturated heterocycles. The monoisotopic (exact) mass is 290 g/mol. The van der Waals surface area contributed by atoms with Crippen LogP contribution in [0.2, 0.25) is 0 Å². The SMILES string of the molecule is Cc1cnc(N2CCC(C(=O)N3CCOCC3)CC2)nc1. The van der Waals surface area contributed by atoms with E-state index in [-0.39, 0.29) is 5.92 Å². The second-order valence-electron chi connectivity index (χ2n) is 5.76. The third-order valence-electron chi connectivity index (χ3n) is 4.22. The van der Waals surface area contributed by atoms with Gasteiger partial charge in [-0.15, -0.1) is 0 Å². The number of aromatic nitrogens is 2. The Labute approximate surface area is 125 Å². The van der Waals surface area contributed by atoms with Crippen LogP contribution in [-0.2, 0) is 9.53 Å². The molecule has 0 bridgehead atoms. The molecule has 2 fully saturated rings. The van der Waals surface area contributed by atoms with Gasteiger partial charge in [0.05, 0.1) is 13.2 Å². The van der Waals surface area contributed by atoms with Crippen LogP contribution in [0.15, 0.2) is 12.4 Å². The molecule has 0 atom stereocenters. The lowest BCUT2D eigenvalue weighted by Gasteiger charge is -2.35. The molecular weight excluding hydrogens is 268 g/mol. The number of amides is 1. The third-order valence-corrected chi connectivity index (χ3v) is 4.22. The average Bonchev–Trinajstić information content (AvgIpc) is 2.56. The Balaban J connectivity index is 1.54. The van der Waals surface area contributed by atoms with Gasteiger partial charge in [-0.25, -0.2) is 9.97 Å². The van der Waals surface area contributed by atoms with Gasteiger partial charge in [0.2, 0.25) is 11.9 Å². The van der Waals surface area contributed by atoms with Crippen LogP contribution in [0.1, 0.15) is 18.4 Å². The fraction of sp³-hybridized carbons (Fsp3) is 0.667. The van der Waals surface area contributed by atoms with Crippen molar-refractivity contribution in [1.82, 2.24) is 14.9 Å². The van der Waals surface area contributed by atoms with E-state index in [4.69, 9.17) is 4.74 Å². The van der Waals surface area contributed by atoms with E-state index in [1.807, 2.05) is 24.2 Å². The van der Waals surface area contributed by atoms with Gasteiger partial charge in [0.15, 0.2) is 0 Å². The molecule has 6 heteroatoms. The minimum atomic E-state index is 0.143. The summed E-state index contributed by atoms with van der Waals surface area (Å²) in [6, 6.07) is 0. The van der Waals surface area contributed by atoms with E-state index < -0.39 is 0 Å². The Morgan fingerprint density at radius 3 is 2.38 bits per heavy atom. The van der Waals surface area contributed by atoms with Crippen molar-refractivity contribution >= 4 is 11.9 Å². The van der Waals surface area contributed by atoms with E-state index in [1.165, 1.54) is 0 Å². The molecule has 0 N–H and O–H groups in total. The molecule has 0 unspecified atom stereocenters. The molecule has 3 heterocycles. The summed E-state index contributed by atoms with van der Waals surface area (Å²) in [6.45, 7) is 6.49. The van der Waals surface area contributed by atoms with Gasteiger partial charge in [0.1, 0.15) is 0 Å². The van der Waals surface area contributed by atoms with Gasteiger partial charge in [0.25, 0.3) is 0 Å². The Kier molecular flexibility index (Phi) is 4.34. The predicted octanol–water partition coefficient (Wildman–Crippen LogP) is 0.860. The van der Waals surface area contributed by atoms with E-state index in [2.05, 4.69) is 14.9 Å². The zero-order chi connectivity index (χ0) is 14.7. The number of nitrogens with zero attached hydrogens (tertiary/aromatic N) is 4. The lowest BCUT2D eigenvalue weighted by atomic mass is 9.95. The highest BCUT2D eigenvalue weighted by Crippen LogP contribution is 2.22. The van der Waals surface area contributed by atoms with Gasteiger partial charge < -0.3 is 14.5 Å². The van der Waals surface area contributed by atoms with Crippen molar-refractivity contribution in [3.8, 4) is 0 Å². The summed E-state index contributed by atoms with van der Waals surface area (Å²) in [7, 11) is 0. The van der Waals surface area contributed by atoms with Crippen LogP contribution in [0.25, 0.3) is 0 Å². The van der Waals surface area contributed by atoms with Crippen molar-refractivity contribution in [2.24, 2.45) is 5.92 Å². The fourth-order valence-corrected chi connectivity index (χ4v) is 2.92. The van der Waals surface area contributed by atoms with Gasteiger partial charge in [-0.1, -0.05) is 0 Å². The number of hydrogen-bond donors (Lipinski definition) is 0. The van der Waals surface area contributed by atoms with Crippen molar-refractivity contribution in [3.63, 3.8) is 0 Å². The summed E-state index contributed by atoms with van der Waals surface area (Å²) < 4.78 is 5.30. The van der Waals surface area contributed by atoms with Gasteiger partial charge >= 0.3 is 0 Å². The maximum Gasteiger partial charge on any atom is 0.225 e. The minimum Gasteiger partial charge on any atom is -0.378 e. The van der Waals surface area contributed by atoms with Gasteiger partial charge in [-0.05, 0) is 25.3 Å². The summed E-state index contributed by atoms with van der Waals surface area (Å²) in [5.41, 5.74) is 1.07. The number of morpholine rings is 1. The molecule has 0 aromatic carbocycles. The third kappa shape index (κ3) is 3.32. The smallest absolute Gasteiger partial charge is 0.225 e. The predicted molar refractivity (Wildman–Crippen MR) is 79.1 cm³/mol. The number of piperidine rings is 1. The van der Waals surface area contributed by atoms with Crippen LogP contribution in [0, 0.1) is 12.8 Å². The topological polar surface area (TPSA) is 58.6 Å². The first kappa shape index (κ1) is 14.3. The maximum absolute atomic E-state index is 12.5. The van der Waals surface area contributed by atoms with E-state index in [0.29, 0.717) is 19.1 Å². The van der Waals surface area contributed by atoms with Crippen LogP contribution in [0.4, 0.5) is 5.95 Å². The first-order valence-electron chi connectivity index (χ1n) is 7.64. The number of hydrogen-bond acceptors (Lipinski definition) is 5. The molecule has 21 heavy (non-hydrogen) atoms. The second-order valence-corrected chi connectivity index (χ2v) is 5.76. The summed E-state index contributed by atoms with van der Waals surface area (Å²) in [5, 5.41) is 0. The Hall–Kier alpha value is -1.69. The fourth-order valence-electron chi connectivity index (χ4n) is 2.92. The molecule has 3 rings (SSSR count). The molecule has 6 nitrogen and oxygen atoms in total. The molecule has 0 aliphatic carbocycles. The molecule has 0 spiro atoms. The molecule has 2 aliphatic rings. The first-order chi connectivity index (χ1) is 10.2. The molecular formula is C15H22N4O2. The molecule has 1 amide bonds. The largest absolute Gasteiger partial charge is 0.378 e. The highest BCUT2D eigenvalue weighted by atomic mass is 16.5. The summed E-state index contributed by atoms with van der Waals surface area (Å²) in [5.74, 6) is 1.21. The molecule has 114 valence electrons. The van der Waals surface area contributed by atoms with Gasteiger partial charge in [0, 0.05) is 44.5 Å². The maximum atomic E-state index is 12.5. The number of ether oxygens (including phenoxy) is 1. The van der Waals surface area contributed by atoms with E-state index in [9.17, 15) is 4.79 Å². The van der Waals surface area contributed by atoms with Crippen molar-refractivity contribution in [3.05, 3.63) is 18.0 Å². The van der Waals surface area contributed by atoms with Crippen LogP contribution in [0.5, 0.6) is 0 Å². The summed E-state index contributed by atoms with van der Waals surface area (Å²) in [4.78, 5) is 25.3. The van der Waals surface area contributed by atoms with Crippen LogP contribution in [0.3, 0.4) is 0 Å². The molecule has 1 aromatic rings. The van der Waals surface area contributed by atoms with E-state index in [0.717, 1.165) is 50.5 Å². The van der Waals surface area contributed by atoms with Crippen LogP contribution in [-0.4, -0.2) is 60.2 Å². The number of carbonyl (C=O) groups excluding carboxylic acids is 1. The number of aryl methyl sites for hydroxylation is 1. The summed E-state index contributed by atoms with van der Waals surface area (Å²) >= 11 is 0. The van der Waals surface area contributed by atoms with Crippen molar-refractivity contribution in [2.45, 2.75) is 19.8 Å². The highest BCUT2D eigenvalue weighted by molar-refractivity contribution is 5.79. The van der Waals surface area contributed by atoms with Crippen LogP contribution >= 0.6 is 0 Å². The Bertz CT molecular complexity index is 477. The number of anilines is 1. The van der Waals surface area contributed by atoms with Gasteiger partial charge in [-0.2, -0.15) is 0 Å². The quantitative estimate of drug-likeness (QED) is 0.808. The van der Waals surface area contributed by atoms with Crippen LogP contribution < -0.4 is 4.90 Å². The second kappa shape index (κ2) is 6.39. The normalized spacial score (nSPS) is 20.6. The standard InChI is InChI=1S/C15H22N4O2/c1-12-10-16-15(17-11-12)19-4-2-13(3-5-19)14(20)18-6-8-21-9-7-18/h10-11,13H,2-9H2,1H3. The minimum absolute atomic E-state index is 0.143. The van der Waals surface area contributed by atoms with Crippen molar-refractivity contribution in [1.29, 1.82) is 0 Å². The van der Waals surface area contributed by atoms with E-state index >= 15 is 0 Å². The zero-order valence-electron chi connectivity index (χ0n) is 12.5. The van der Waals surface area contributed by atoms with E-state index in [1.54, 1.807) is 0 Å². The average molecular weight is 290 g/mol. The molecule has 0 saturated carbocycles. The number of rotatable bonds is 2. The lowest BCUT2D eigenvalue weighted by Crippen LogP contribution is -2.47. The highest BCUT2D eigenvalue weighted by Gasteiger charge is 2.29. The van der Waals surface area contributed by atoms with Gasteiger partial charge in [-0.3, -0.25) is 4.79 Å². The summed E-state index contributed by atoms with van der Waals surface area (Å²) in [6.07, 6.45) is 5.45. The molecule has 1 aromatic heterocycles. The van der Waals surface area contributed by atoms with Crippen molar-refractivity contribution < 1.29 is 9.53 Å². The Morgan fingerprint density at radius 1 is 1.14 bits per heavy atom. The zero-order valence-corrected chi connectivity index (χ0v) is 12.5. The lowest BCUT2D eigenvalue weighted by molar-refractivity contribution is -0.140. The Morgan fingerprint density at radius 2 is 1.76 bits per heavy atom.